The predicted octanol–water partition coefficient (Wildman–Crippen LogP) is 0.299. The lowest BCUT2D eigenvalue weighted by Crippen LogP contribution is -2.48. The molecule has 8 N–H and O–H groups in total. The van der Waals surface area contributed by atoms with Crippen molar-refractivity contribution in [2.45, 2.75) is 57.9 Å². The predicted molar refractivity (Wildman–Crippen MR) is 204 cm³/mol. The van der Waals surface area contributed by atoms with Crippen LogP contribution in [0.25, 0.3) is 0 Å². The maximum atomic E-state index is 13.5. The maximum absolute atomic E-state index is 13.5. The Balaban J connectivity index is 1.49. The Labute approximate surface area is 334 Å². The second-order valence-corrected chi connectivity index (χ2v) is 14.3. The number of rotatable bonds is 26. The third kappa shape index (κ3) is 16.0. The normalized spacial score (nSPS) is 15.8. The van der Waals surface area contributed by atoms with Crippen LogP contribution in [0, 0.1) is 18.8 Å². The number of benzene rings is 1. The number of nitrogens with one attached hydrogen (secondary N) is 2. The van der Waals surface area contributed by atoms with E-state index >= 15 is 0 Å². The summed E-state index contributed by atoms with van der Waals surface area (Å²) >= 11 is 0. The van der Waals surface area contributed by atoms with Gasteiger partial charge in [-0.2, -0.15) is 0 Å². The van der Waals surface area contributed by atoms with Crippen LogP contribution in [-0.4, -0.2) is 163 Å². The highest BCUT2D eigenvalue weighted by Gasteiger charge is 2.34. The second kappa shape index (κ2) is 23.5. The molecule has 1 aliphatic carbocycles. The number of carboxylic acids is 4. The van der Waals surface area contributed by atoms with Gasteiger partial charge in [0.25, 0.3) is 5.91 Å². The number of aliphatic carboxylic acids is 4. The molecule has 1 saturated carbocycles. The fraction of sp³-hybridized carbons (Fsp3) is 0.553. The summed E-state index contributed by atoms with van der Waals surface area (Å²) in [6.45, 7) is 0.777. The van der Waals surface area contributed by atoms with E-state index in [1.165, 1.54) is 9.80 Å². The molecule has 1 aromatic heterocycles. The molecule has 58 heavy (non-hydrogen) atoms. The van der Waals surface area contributed by atoms with E-state index in [-0.39, 0.29) is 77.3 Å². The van der Waals surface area contributed by atoms with Gasteiger partial charge >= 0.3 is 29.8 Å². The van der Waals surface area contributed by atoms with E-state index in [4.69, 9.17) is 4.84 Å². The van der Waals surface area contributed by atoms with E-state index in [1.807, 2.05) is 13.0 Å². The van der Waals surface area contributed by atoms with Crippen molar-refractivity contribution in [1.82, 2.24) is 30.1 Å². The zero-order valence-corrected chi connectivity index (χ0v) is 32.5. The molecule has 0 saturated heterocycles. The fourth-order valence-electron chi connectivity index (χ4n) is 6.67. The van der Waals surface area contributed by atoms with E-state index in [2.05, 4.69) is 10.6 Å². The van der Waals surface area contributed by atoms with Crippen LogP contribution in [0.2, 0.25) is 0 Å². The van der Waals surface area contributed by atoms with Crippen LogP contribution in [0.1, 0.15) is 60.9 Å². The van der Waals surface area contributed by atoms with Crippen LogP contribution >= 0.6 is 0 Å². The number of hydrogen-bond acceptors (Lipinski definition) is 13. The van der Waals surface area contributed by atoms with Gasteiger partial charge in [-0.15, -0.1) is 4.73 Å². The first-order valence-corrected chi connectivity index (χ1v) is 19.1. The highest BCUT2D eigenvalue weighted by Crippen LogP contribution is 2.31. The van der Waals surface area contributed by atoms with Crippen molar-refractivity contribution in [3.05, 3.63) is 47.5 Å². The molecule has 0 radical (unpaired) electrons. The number of carbonyl (C=O) groups is 7. The van der Waals surface area contributed by atoms with Crippen molar-refractivity contribution in [3.63, 3.8) is 0 Å². The van der Waals surface area contributed by atoms with E-state index in [9.17, 15) is 64.2 Å². The smallest absolute Gasteiger partial charge is 0.336 e. The molecule has 1 unspecified atom stereocenters. The summed E-state index contributed by atoms with van der Waals surface area (Å²) in [5.41, 5.74) is 1.49. The quantitative estimate of drug-likeness (QED) is 0.0592. The maximum Gasteiger partial charge on any atom is 0.336 e. The van der Waals surface area contributed by atoms with E-state index in [1.54, 1.807) is 18.2 Å². The fourth-order valence-corrected chi connectivity index (χ4v) is 6.67. The number of nitrogens with zero attached hydrogens (tertiary/aromatic N) is 4. The van der Waals surface area contributed by atoms with Crippen LogP contribution in [0.3, 0.4) is 0 Å². The van der Waals surface area contributed by atoms with Crippen molar-refractivity contribution >= 4 is 41.7 Å². The number of carbonyl (C=O) groups excluding carboxylic acids is 3. The Morgan fingerprint density at radius 2 is 1.31 bits per heavy atom. The summed E-state index contributed by atoms with van der Waals surface area (Å²) in [6, 6.07) is 8.49. The van der Waals surface area contributed by atoms with Crippen molar-refractivity contribution in [1.29, 1.82) is 0 Å². The van der Waals surface area contributed by atoms with Crippen molar-refractivity contribution in [2.75, 3.05) is 65.4 Å². The molecular formula is C38H54N6O14. The Bertz CT molecular complexity index is 1710. The highest BCUT2D eigenvalue weighted by molar-refractivity contribution is 5.94. The van der Waals surface area contributed by atoms with Gasteiger partial charge < -0.3 is 51.0 Å². The lowest BCUT2D eigenvalue weighted by Gasteiger charge is -2.32. The van der Waals surface area contributed by atoms with Gasteiger partial charge in [0.05, 0.1) is 19.0 Å². The molecule has 1 aromatic carbocycles. The number of aromatic hydroxyl groups is 2. The van der Waals surface area contributed by atoms with Crippen molar-refractivity contribution in [2.24, 2.45) is 11.8 Å². The molecule has 2 aromatic rings. The Hall–Kier alpha value is -5.73. The summed E-state index contributed by atoms with van der Waals surface area (Å²) in [4.78, 5) is 94.6. The van der Waals surface area contributed by atoms with E-state index in [0.717, 1.165) is 22.6 Å². The first-order valence-electron chi connectivity index (χ1n) is 19.1. The minimum absolute atomic E-state index is 0.0328. The molecule has 2 amide bonds. The van der Waals surface area contributed by atoms with Gasteiger partial charge in [0.2, 0.25) is 17.7 Å². The monoisotopic (exact) mass is 818 g/mol. The molecule has 0 aliphatic heterocycles. The summed E-state index contributed by atoms with van der Waals surface area (Å²) in [5.74, 6) is -8.38. The van der Waals surface area contributed by atoms with Gasteiger partial charge in [-0.25, -0.2) is 4.79 Å². The van der Waals surface area contributed by atoms with Gasteiger partial charge in [0.1, 0.15) is 12.6 Å². The molecule has 0 bridgehead atoms. The third-order valence-electron chi connectivity index (χ3n) is 9.77. The molecule has 20 heteroatoms. The lowest BCUT2D eigenvalue weighted by molar-refractivity contribution is -0.153. The van der Waals surface area contributed by atoms with Crippen LogP contribution < -0.4 is 15.5 Å². The molecule has 0 spiro atoms. The third-order valence-corrected chi connectivity index (χ3v) is 9.77. The average molecular weight is 819 g/mol. The molecule has 1 fully saturated rings. The number of aromatic nitrogens is 1. The van der Waals surface area contributed by atoms with Crippen molar-refractivity contribution in [3.8, 4) is 11.8 Å². The molecule has 20 nitrogen and oxygen atoms in total. The van der Waals surface area contributed by atoms with Crippen LogP contribution in [0.15, 0.2) is 36.4 Å². The topological polar surface area (TPSA) is 289 Å². The largest absolute Gasteiger partial charge is 0.492 e. The SMILES string of the molecule is Cc1cccc(C(=O)NCCCCC(NCCN(CCN(CCN(CC(=O)O)C(=O)C2CCC(C(=O)On3c(O)ccc3O)CC2)CC(=O)O)CC(=O)O)C(=O)O)c1. The highest BCUT2D eigenvalue weighted by atomic mass is 16.7. The number of hydrogen-bond donors (Lipinski definition) is 8. The van der Waals surface area contributed by atoms with Gasteiger partial charge in [-0.05, 0) is 64.0 Å². The van der Waals surface area contributed by atoms with E-state index < -0.39 is 85.0 Å². The standard InChI is InChI=1S/C38H54N6O14/c1-25-5-4-6-28(21-25)35(53)40-14-3-2-7-29(37(55)56)39-15-16-41(22-32(47)48)17-18-42(23-33(49)50)19-20-43(24-34(51)52)36(54)26-8-10-27(11-9-26)38(57)58-44-30(45)12-13-31(44)46/h4-6,12-13,21,26-27,29,39,45-46H,2-3,7-11,14-20,22-24H2,1H3,(H,40,53)(H,47,48)(H,49,50)(H,51,52)(H,55,56). The summed E-state index contributed by atoms with van der Waals surface area (Å²) in [6.07, 6.45) is 2.18. The number of aryl methyl sites for hydroxylation is 1. The second-order valence-electron chi connectivity index (χ2n) is 14.3. The van der Waals surface area contributed by atoms with Crippen molar-refractivity contribution < 1.29 is 69.0 Å². The molecule has 320 valence electrons. The van der Waals surface area contributed by atoms with Gasteiger partial charge in [-0.1, -0.05) is 17.7 Å². The van der Waals surface area contributed by atoms with Crippen LogP contribution in [-0.2, 0) is 28.8 Å². The molecule has 1 atom stereocenters. The summed E-state index contributed by atoms with van der Waals surface area (Å²) in [7, 11) is 0. The minimum atomic E-state index is -1.29. The molecule has 1 heterocycles. The number of carboxylic acid groups (broad SMARTS) is 4. The summed E-state index contributed by atoms with van der Waals surface area (Å²) < 4.78 is 0.576. The molecular weight excluding hydrogens is 764 g/mol. The zero-order chi connectivity index (χ0) is 42.8. The minimum Gasteiger partial charge on any atom is -0.492 e. The van der Waals surface area contributed by atoms with Crippen LogP contribution in [0.5, 0.6) is 11.8 Å². The lowest BCUT2D eigenvalue weighted by atomic mass is 9.81. The zero-order valence-electron chi connectivity index (χ0n) is 32.5. The van der Waals surface area contributed by atoms with Crippen LogP contribution in [0.4, 0.5) is 0 Å². The summed E-state index contributed by atoms with van der Waals surface area (Å²) in [5, 5.41) is 63.6. The van der Waals surface area contributed by atoms with Gasteiger partial charge in [-0.3, -0.25) is 38.6 Å². The Morgan fingerprint density at radius 1 is 0.741 bits per heavy atom. The number of amides is 2. The number of unbranched alkanes of at least 4 members (excludes halogenated alkanes) is 1. The molecule has 1 aliphatic rings. The van der Waals surface area contributed by atoms with Gasteiger partial charge in [0.15, 0.2) is 0 Å². The first kappa shape index (κ1) is 46.7. The van der Waals surface area contributed by atoms with Gasteiger partial charge in [0, 0.05) is 69.4 Å². The molecule has 3 rings (SSSR count). The Morgan fingerprint density at radius 3 is 1.88 bits per heavy atom. The van der Waals surface area contributed by atoms with E-state index in [0.29, 0.717) is 29.7 Å². The Kier molecular flexibility index (Phi) is 18.9. The first-order chi connectivity index (χ1) is 27.5. The average Bonchev–Trinajstić information content (AvgIpc) is 3.48.